The second-order valence-electron chi connectivity index (χ2n) is 6.64. The highest BCUT2D eigenvalue weighted by atomic mass is 16.5. The van der Waals surface area contributed by atoms with E-state index in [4.69, 9.17) is 4.74 Å². The second-order valence-corrected chi connectivity index (χ2v) is 6.64. The van der Waals surface area contributed by atoms with Crippen molar-refractivity contribution in [2.24, 2.45) is 0 Å². The number of methoxy groups -OCH3 is 1. The number of H-pyrrole nitrogens is 2. The lowest BCUT2D eigenvalue weighted by atomic mass is 10.1. The normalized spacial score (nSPS) is 15.6. The molecule has 3 aromatic rings. The molecule has 1 aliphatic carbocycles. The fourth-order valence-electron chi connectivity index (χ4n) is 3.60. The first-order valence-corrected chi connectivity index (χ1v) is 8.67. The van der Waals surface area contributed by atoms with Crippen LogP contribution in [0.3, 0.4) is 0 Å². The Bertz CT molecular complexity index is 1080. The molecule has 0 fully saturated rings. The van der Waals surface area contributed by atoms with Crippen LogP contribution in [-0.4, -0.2) is 22.2 Å². The SMILES string of the molecule is COC1=CC(c2[nH]c3ccccc3c2CO)=C/C1=C\c1[nH]c(C)cc1C. The van der Waals surface area contributed by atoms with Gasteiger partial charge >= 0.3 is 0 Å². The van der Waals surface area contributed by atoms with Gasteiger partial charge in [0, 0.05) is 39.0 Å². The molecule has 0 unspecified atom stereocenters. The summed E-state index contributed by atoms with van der Waals surface area (Å²) in [6, 6.07) is 10.2. The van der Waals surface area contributed by atoms with Crippen molar-refractivity contribution in [3.8, 4) is 0 Å². The lowest BCUT2D eigenvalue weighted by Gasteiger charge is -2.02. The van der Waals surface area contributed by atoms with E-state index >= 15 is 0 Å². The maximum Gasteiger partial charge on any atom is 0.126 e. The molecule has 0 radical (unpaired) electrons. The van der Waals surface area contributed by atoms with E-state index in [2.05, 4.69) is 42.0 Å². The first-order valence-electron chi connectivity index (χ1n) is 8.67. The van der Waals surface area contributed by atoms with Gasteiger partial charge in [0.15, 0.2) is 0 Å². The third-order valence-electron chi connectivity index (χ3n) is 4.85. The predicted octanol–water partition coefficient (Wildman–Crippen LogP) is 4.62. The quantitative estimate of drug-likeness (QED) is 0.646. The molecule has 2 heterocycles. The number of hydrogen-bond acceptors (Lipinski definition) is 2. The van der Waals surface area contributed by atoms with E-state index in [0.29, 0.717) is 0 Å². The van der Waals surface area contributed by atoms with Crippen LogP contribution in [0.4, 0.5) is 0 Å². The van der Waals surface area contributed by atoms with E-state index in [9.17, 15) is 5.11 Å². The number of aliphatic hydroxyl groups excluding tert-OH is 1. The lowest BCUT2D eigenvalue weighted by molar-refractivity contribution is 0.283. The molecule has 4 rings (SSSR count). The van der Waals surface area contributed by atoms with Crippen molar-refractivity contribution in [2.45, 2.75) is 20.5 Å². The summed E-state index contributed by atoms with van der Waals surface area (Å²) in [5.41, 5.74) is 8.30. The molecule has 0 saturated carbocycles. The molecule has 132 valence electrons. The van der Waals surface area contributed by atoms with Crippen molar-refractivity contribution in [1.29, 1.82) is 0 Å². The minimum absolute atomic E-state index is 0.0131. The topological polar surface area (TPSA) is 61.0 Å². The summed E-state index contributed by atoms with van der Waals surface area (Å²) in [7, 11) is 1.68. The number of para-hydroxylation sites is 1. The highest BCUT2D eigenvalue weighted by Gasteiger charge is 2.20. The molecule has 3 N–H and O–H groups in total. The first-order chi connectivity index (χ1) is 12.6. The van der Waals surface area contributed by atoms with Crippen molar-refractivity contribution >= 4 is 22.6 Å². The van der Waals surface area contributed by atoms with Crippen molar-refractivity contribution < 1.29 is 9.84 Å². The van der Waals surface area contributed by atoms with E-state index < -0.39 is 0 Å². The second kappa shape index (κ2) is 6.39. The fraction of sp³-hybridized carbons (Fsp3) is 0.182. The lowest BCUT2D eigenvalue weighted by Crippen LogP contribution is -1.88. The van der Waals surface area contributed by atoms with Crippen LogP contribution in [-0.2, 0) is 11.3 Å². The van der Waals surface area contributed by atoms with Gasteiger partial charge in [0.05, 0.1) is 19.4 Å². The number of nitrogens with one attached hydrogen (secondary N) is 2. The Morgan fingerprint density at radius 2 is 1.92 bits per heavy atom. The average Bonchev–Trinajstić information content (AvgIpc) is 3.29. The zero-order valence-corrected chi connectivity index (χ0v) is 15.2. The summed E-state index contributed by atoms with van der Waals surface area (Å²) in [6.45, 7) is 4.13. The number of aromatic amines is 2. The molecule has 0 amide bonds. The van der Waals surface area contributed by atoms with Crippen LogP contribution in [0.15, 0.2) is 53.8 Å². The summed E-state index contributed by atoms with van der Waals surface area (Å²) < 4.78 is 5.59. The smallest absolute Gasteiger partial charge is 0.126 e. The minimum atomic E-state index is -0.0131. The van der Waals surface area contributed by atoms with Gasteiger partial charge in [-0.1, -0.05) is 18.2 Å². The third kappa shape index (κ3) is 2.68. The minimum Gasteiger partial charge on any atom is -0.496 e. The van der Waals surface area contributed by atoms with Gasteiger partial charge in [0.1, 0.15) is 5.76 Å². The molecule has 0 atom stereocenters. The van der Waals surface area contributed by atoms with Crippen LogP contribution in [0, 0.1) is 13.8 Å². The summed E-state index contributed by atoms with van der Waals surface area (Å²) >= 11 is 0. The van der Waals surface area contributed by atoms with Gasteiger partial charge in [-0.3, -0.25) is 0 Å². The average molecular weight is 346 g/mol. The molecule has 26 heavy (non-hydrogen) atoms. The number of hydrogen-bond donors (Lipinski definition) is 3. The number of benzene rings is 1. The Morgan fingerprint density at radius 1 is 1.12 bits per heavy atom. The Labute approximate surface area is 152 Å². The van der Waals surface area contributed by atoms with Crippen molar-refractivity contribution in [3.05, 3.63) is 82.0 Å². The molecule has 2 aromatic heterocycles. The van der Waals surface area contributed by atoms with Gasteiger partial charge in [-0.15, -0.1) is 0 Å². The predicted molar refractivity (Wildman–Crippen MR) is 106 cm³/mol. The van der Waals surface area contributed by atoms with E-state index in [1.165, 1.54) is 5.56 Å². The molecule has 0 aliphatic heterocycles. The molecule has 0 bridgehead atoms. The molecule has 0 spiro atoms. The molecule has 0 saturated heterocycles. The number of ether oxygens (including phenoxy) is 1. The number of aliphatic hydroxyl groups is 1. The van der Waals surface area contributed by atoms with E-state index in [0.717, 1.165) is 50.5 Å². The molecule has 1 aromatic carbocycles. The summed E-state index contributed by atoms with van der Waals surface area (Å²) in [5, 5.41) is 11.0. The largest absolute Gasteiger partial charge is 0.496 e. The summed E-state index contributed by atoms with van der Waals surface area (Å²) in [6.07, 6.45) is 6.21. The zero-order chi connectivity index (χ0) is 18.3. The number of rotatable bonds is 4. The van der Waals surface area contributed by atoms with Gasteiger partial charge < -0.3 is 19.8 Å². The van der Waals surface area contributed by atoms with Gasteiger partial charge in [0.2, 0.25) is 0 Å². The molecule has 4 heteroatoms. The van der Waals surface area contributed by atoms with Crippen molar-refractivity contribution in [1.82, 2.24) is 9.97 Å². The van der Waals surface area contributed by atoms with E-state index in [1.807, 2.05) is 30.3 Å². The fourth-order valence-corrected chi connectivity index (χ4v) is 3.60. The first kappa shape index (κ1) is 16.5. The van der Waals surface area contributed by atoms with Crippen LogP contribution in [0.1, 0.15) is 28.2 Å². The van der Waals surface area contributed by atoms with Gasteiger partial charge in [-0.2, -0.15) is 0 Å². The highest BCUT2D eigenvalue weighted by Crippen LogP contribution is 2.35. The number of allylic oxidation sites excluding steroid dienone is 3. The summed E-state index contributed by atoms with van der Waals surface area (Å²) in [4.78, 5) is 6.82. The Kier molecular flexibility index (Phi) is 4.05. The van der Waals surface area contributed by atoms with E-state index in [1.54, 1.807) is 7.11 Å². The van der Waals surface area contributed by atoms with Crippen LogP contribution < -0.4 is 0 Å². The van der Waals surface area contributed by atoms with Crippen LogP contribution in [0.25, 0.3) is 22.6 Å². The van der Waals surface area contributed by atoms with Crippen LogP contribution >= 0.6 is 0 Å². The molecular weight excluding hydrogens is 324 g/mol. The van der Waals surface area contributed by atoms with Gasteiger partial charge in [-0.05, 0) is 49.8 Å². The molecular formula is C22H22N2O2. The maximum atomic E-state index is 9.91. The van der Waals surface area contributed by atoms with Crippen LogP contribution in [0.2, 0.25) is 0 Å². The Hall–Kier alpha value is -2.98. The maximum absolute atomic E-state index is 9.91. The monoisotopic (exact) mass is 346 g/mol. The standard InChI is InChI=1S/C22H22N2O2/c1-13-8-14(2)23-20(13)10-15-9-16(11-21(15)26-3)22-18(12-25)17-6-4-5-7-19(17)24-22/h4-11,23-25H,12H2,1-3H3/b15-10+. The summed E-state index contributed by atoms with van der Waals surface area (Å²) in [5.74, 6) is 0.814. The number of fused-ring (bicyclic) bond motifs is 1. The third-order valence-corrected chi connectivity index (χ3v) is 4.85. The van der Waals surface area contributed by atoms with Gasteiger partial charge in [-0.25, -0.2) is 0 Å². The zero-order valence-electron chi connectivity index (χ0n) is 15.2. The van der Waals surface area contributed by atoms with Crippen LogP contribution in [0.5, 0.6) is 0 Å². The van der Waals surface area contributed by atoms with Gasteiger partial charge in [0.25, 0.3) is 0 Å². The van der Waals surface area contributed by atoms with Crippen molar-refractivity contribution in [3.63, 3.8) is 0 Å². The number of aromatic nitrogens is 2. The Balaban J connectivity index is 1.83. The molecule has 1 aliphatic rings. The van der Waals surface area contributed by atoms with Crippen molar-refractivity contribution in [2.75, 3.05) is 7.11 Å². The number of aryl methyl sites for hydroxylation is 2. The van der Waals surface area contributed by atoms with E-state index in [-0.39, 0.29) is 6.61 Å². The Morgan fingerprint density at radius 3 is 2.62 bits per heavy atom. The highest BCUT2D eigenvalue weighted by molar-refractivity contribution is 5.93. The molecule has 4 nitrogen and oxygen atoms in total.